The summed E-state index contributed by atoms with van der Waals surface area (Å²) in [6.45, 7) is 8.37. The van der Waals surface area contributed by atoms with Crippen LogP contribution in [0.2, 0.25) is 0 Å². The van der Waals surface area contributed by atoms with Gasteiger partial charge in [0.1, 0.15) is 5.54 Å². The molecule has 0 aliphatic heterocycles. The summed E-state index contributed by atoms with van der Waals surface area (Å²) in [6, 6.07) is 2.50. The van der Waals surface area contributed by atoms with Crippen molar-refractivity contribution in [1.82, 2.24) is 5.32 Å². The van der Waals surface area contributed by atoms with Gasteiger partial charge in [-0.3, -0.25) is 5.32 Å². The van der Waals surface area contributed by atoms with Gasteiger partial charge in [-0.05, 0) is 44.6 Å². The molecule has 1 rings (SSSR count). The Kier molecular flexibility index (Phi) is 7.41. The Hall–Kier alpha value is -0.590. The van der Waals surface area contributed by atoms with Crippen LogP contribution < -0.4 is 5.32 Å². The first-order valence-corrected chi connectivity index (χ1v) is 7.93. The number of hydrogen-bond donors (Lipinski definition) is 1. The molecule has 1 N–H and O–H groups in total. The van der Waals surface area contributed by atoms with Crippen molar-refractivity contribution in [1.29, 1.82) is 5.26 Å². The van der Waals surface area contributed by atoms with Crippen LogP contribution in [0, 0.1) is 17.2 Å². The van der Waals surface area contributed by atoms with Gasteiger partial charge in [-0.15, -0.1) is 0 Å². The van der Waals surface area contributed by atoms with Crippen LogP contribution in [-0.2, 0) is 4.74 Å². The molecule has 19 heavy (non-hydrogen) atoms. The minimum Gasteiger partial charge on any atom is -0.378 e. The summed E-state index contributed by atoms with van der Waals surface area (Å²) in [6.07, 6.45) is 7.79. The monoisotopic (exact) mass is 266 g/mol. The van der Waals surface area contributed by atoms with E-state index in [0.717, 1.165) is 45.3 Å². The summed E-state index contributed by atoms with van der Waals surface area (Å²) >= 11 is 0. The van der Waals surface area contributed by atoms with E-state index in [2.05, 4.69) is 32.2 Å². The van der Waals surface area contributed by atoms with Crippen molar-refractivity contribution in [2.45, 2.75) is 77.4 Å². The van der Waals surface area contributed by atoms with Gasteiger partial charge in [-0.25, -0.2) is 0 Å². The largest absolute Gasteiger partial charge is 0.378 e. The SMILES string of the molecule is CCCNC1(C#N)CCCC(OCC(C)CCC)C1. The molecule has 0 bridgehead atoms. The van der Waals surface area contributed by atoms with Crippen molar-refractivity contribution < 1.29 is 4.74 Å². The minimum absolute atomic E-state index is 0.261. The zero-order valence-corrected chi connectivity index (χ0v) is 12.9. The maximum Gasteiger partial charge on any atom is 0.109 e. The number of nitriles is 1. The first-order valence-electron chi connectivity index (χ1n) is 7.93. The second-order valence-corrected chi connectivity index (χ2v) is 6.07. The molecule has 0 spiro atoms. The van der Waals surface area contributed by atoms with Crippen molar-refractivity contribution in [3.05, 3.63) is 0 Å². The standard InChI is InChI=1S/C16H30N2O/c1-4-7-14(3)12-19-15-8-6-9-16(11-15,13-17)18-10-5-2/h14-15,18H,4-12H2,1-3H3. The fraction of sp³-hybridized carbons (Fsp3) is 0.938. The highest BCUT2D eigenvalue weighted by Gasteiger charge is 2.36. The van der Waals surface area contributed by atoms with E-state index < -0.39 is 0 Å². The second-order valence-electron chi connectivity index (χ2n) is 6.07. The number of rotatable bonds is 8. The van der Waals surface area contributed by atoms with Gasteiger partial charge in [0.25, 0.3) is 0 Å². The quantitative estimate of drug-likeness (QED) is 0.729. The Morgan fingerprint density at radius 3 is 2.84 bits per heavy atom. The van der Waals surface area contributed by atoms with Crippen LogP contribution in [0.4, 0.5) is 0 Å². The third-order valence-corrected chi connectivity index (χ3v) is 4.03. The number of nitrogens with zero attached hydrogens (tertiary/aromatic N) is 1. The second kappa shape index (κ2) is 8.55. The highest BCUT2D eigenvalue weighted by Crippen LogP contribution is 2.30. The maximum absolute atomic E-state index is 9.48. The third-order valence-electron chi connectivity index (χ3n) is 4.03. The predicted octanol–water partition coefficient (Wildman–Crippen LogP) is 3.64. The normalized spacial score (nSPS) is 28.8. The van der Waals surface area contributed by atoms with Crippen LogP contribution >= 0.6 is 0 Å². The highest BCUT2D eigenvalue weighted by atomic mass is 16.5. The molecule has 0 aromatic carbocycles. The zero-order valence-electron chi connectivity index (χ0n) is 12.9. The van der Waals surface area contributed by atoms with Gasteiger partial charge in [0.2, 0.25) is 0 Å². The molecular formula is C16H30N2O. The topological polar surface area (TPSA) is 45.0 Å². The van der Waals surface area contributed by atoms with Crippen LogP contribution in [0.25, 0.3) is 0 Å². The van der Waals surface area contributed by atoms with Gasteiger partial charge < -0.3 is 4.74 Å². The number of hydrogen-bond acceptors (Lipinski definition) is 3. The van der Waals surface area contributed by atoms with E-state index in [1.807, 2.05) is 0 Å². The molecule has 3 nitrogen and oxygen atoms in total. The Balaban J connectivity index is 2.42. The molecule has 1 saturated carbocycles. The molecule has 1 aliphatic carbocycles. The lowest BCUT2D eigenvalue weighted by molar-refractivity contribution is -0.00705. The molecule has 0 saturated heterocycles. The summed E-state index contributed by atoms with van der Waals surface area (Å²) in [5.41, 5.74) is -0.340. The first kappa shape index (κ1) is 16.5. The van der Waals surface area contributed by atoms with Crippen molar-refractivity contribution in [3.8, 4) is 6.07 Å². The van der Waals surface area contributed by atoms with Gasteiger partial charge >= 0.3 is 0 Å². The summed E-state index contributed by atoms with van der Waals surface area (Å²) in [5, 5.41) is 12.9. The van der Waals surface area contributed by atoms with Crippen LogP contribution in [0.15, 0.2) is 0 Å². The fourth-order valence-corrected chi connectivity index (χ4v) is 2.91. The molecule has 0 radical (unpaired) electrons. The van der Waals surface area contributed by atoms with Crippen molar-refractivity contribution in [2.24, 2.45) is 5.92 Å². The fourth-order valence-electron chi connectivity index (χ4n) is 2.91. The molecule has 0 heterocycles. The molecule has 3 heteroatoms. The average Bonchev–Trinajstić information content (AvgIpc) is 2.44. The summed E-state index contributed by atoms with van der Waals surface area (Å²) in [7, 11) is 0. The van der Waals surface area contributed by atoms with E-state index in [1.165, 1.54) is 12.8 Å². The summed E-state index contributed by atoms with van der Waals surface area (Å²) in [4.78, 5) is 0. The number of nitrogens with one attached hydrogen (secondary N) is 1. The van der Waals surface area contributed by atoms with E-state index in [0.29, 0.717) is 5.92 Å². The van der Waals surface area contributed by atoms with Crippen LogP contribution in [0.5, 0.6) is 0 Å². The van der Waals surface area contributed by atoms with E-state index in [1.54, 1.807) is 0 Å². The van der Waals surface area contributed by atoms with Gasteiger partial charge in [0, 0.05) is 13.0 Å². The average molecular weight is 266 g/mol. The molecule has 0 aromatic rings. The smallest absolute Gasteiger partial charge is 0.109 e. The Labute approximate surface area is 118 Å². The Morgan fingerprint density at radius 2 is 2.21 bits per heavy atom. The molecule has 3 unspecified atom stereocenters. The Morgan fingerprint density at radius 1 is 1.42 bits per heavy atom. The highest BCUT2D eigenvalue weighted by molar-refractivity contribution is 5.10. The molecule has 1 aliphatic rings. The summed E-state index contributed by atoms with van der Waals surface area (Å²) < 4.78 is 6.04. The molecule has 110 valence electrons. The van der Waals surface area contributed by atoms with E-state index in [-0.39, 0.29) is 11.6 Å². The van der Waals surface area contributed by atoms with Crippen LogP contribution in [-0.4, -0.2) is 24.8 Å². The van der Waals surface area contributed by atoms with Gasteiger partial charge in [0.05, 0.1) is 12.2 Å². The maximum atomic E-state index is 9.48. The lowest BCUT2D eigenvalue weighted by atomic mass is 9.81. The zero-order chi connectivity index (χ0) is 14.1. The predicted molar refractivity (Wildman–Crippen MR) is 78.9 cm³/mol. The van der Waals surface area contributed by atoms with Crippen LogP contribution in [0.3, 0.4) is 0 Å². The molecular weight excluding hydrogens is 236 g/mol. The van der Waals surface area contributed by atoms with Crippen molar-refractivity contribution >= 4 is 0 Å². The molecule has 3 atom stereocenters. The molecule has 0 amide bonds. The third kappa shape index (κ3) is 5.50. The first-order chi connectivity index (χ1) is 9.15. The van der Waals surface area contributed by atoms with Gasteiger partial charge in [-0.1, -0.05) is 27.2 Å². The minimum atomic E-state index is -0.340. The van der Waals surface area contributed by atoms with E-state index >= 15 is 0 Å². The van der Waals surface area contributed by atoms with E-state index in [4.69, 9.17) is 4.74 Å². The van der Waals surface area contributed by atoms with Crippen LogP contribution in [0.1, 0.15) is 65.7 Å². The van der Waals surface area contributed by atoms with Gasteiger partial charge in [-0.2, -0.15) is 5.26 Å². The lowest BCUT2D eigenvalue weighted by Gasteiger charge is -2.36. The van der Waals surface area contributed by atoms with E-state index in [9.17, 15) is 5.26 Å². The number of ether oxygens (including phenoxy) is 1. The molecule has 0 aromatic heterocycles. The van der Waals surface area contributed by atoms with Gasteiger partial charge in [0.15, 0.2) is 0 Å². The summed E-state index contributed by atoms with van der Waals surface area (Å²) in [5.74, 6) is 0.631. The van der Waals surface area contributed by atoms with Crippen molar-refractivity contribution in [3.63, 3.8) is 0 Å². The lowest BCUT2D eigenvalue weighted by Crippen LogP contribution is -2.49. The van der Waals surface area contributed by atoms with Crippen molar-refractivity contribution in [2.75, 3.05) is 13.2 Å². The molecule has 1 fully saturated rings. The Bertz CT molecular complexity index is 287.